The predicted octanol–water partition coefficient (Wildman–Crippen LogP) is 2.55. The van der Waals surface area contributed by atoms with Crippen molar-refractivity contribution in [3.63, 3.8) is 0 Å². The van der Waals surface area contributed by atoms with E-state index in [1.807, 2.05) is 0 Å². The van der Waals surface area contributed by atoms with E-state index in [1.165, 1.54) is 19.2 Å². The zero-order valence-corrected chi connectivity index (χ0v) is 17.3. The fourth-order valence-electron chi connectivity index (χ4n) is 2.86. The van der Waals surface area contributed by atoms with Gasteiger partial charge in [-0.2, -0.15) is 19.0 Å². The van der Waals surface area contributed by atoms with Gasteiger partial charge in [0.1, 0.15) is 9.87 Å². The number of amidine groups is 1. The molecule has 27 heavy (non-hydrogen) atoms. The van der Waals surface area contributed by atoms with Crippen LogP contribution in [-0.4, -0.2) is 54.4 Å². The maximum atomic E-state index is 15.2. The summed E-state index contributed by atoms with van der Waals surface area (Å²) in [6.45, 7) is 0. The lowest BCUT2D eigenvalue weighted by molar-refractivity contribution is 0.0426. The number of halogens is 3. The number of hydrogen-bond acceptors (Lipinski definition) is 6. The second-order valence-electron chi connectivity index (χ2n) is 6.11. The normalized spacial score (nSPS) is 17.8. The number of nitrogens with one attached hydrogen (secondary N) is 2. The van der Waals surface area contributed by atoms with Gasteiger partial charge >= 0.3 is 5.92 Å². The molecule has 7 nitrogen and oxygen atoms in total. The molecule has 2 heterocycles. The summed E-state index contributed by atoms with van der Waals surface area (Å²) in [5, 5.41) is 11.8. The maximum absolute atomic E-state index is 15.2. The Labute approximate surface area is 169 Å². The maximum Gasteiger partial charge on any atom is 0.332 e. The van der Waals surface area contributed by atoms with Crippen LogP contribution in [0.4, 0.5) is 8.78 Å². The molecule has 0 fully saturated rings. The van der Waals surface area contributed by atoms with E-state index in [0.717, 1.165) is 3.70 Å². The van der Waals surface area contributed by atoms with Crippen molar-refractivity contribution >= 4 is 45.5 Å². The van der Waals surface area contributed by atoms with E-state index in [-0.39, 0.29) is 11.7 Å². The van der Waals surface area contributed by atoms with Gasteiger partial charge in [0.2, 0.25) is 5.84 Å². The van der Waals surface area contributed by atoms with Gasteiger partial charge in [-0.25, -0.2) is 9.99 Å². The summed E-state index contributed by atoms with van der Waals surface area (Å²) in [5.41, 5.74) is 5.68. The van der Waals surface area contributed by atoms with Gasteiger partial charge in [-0.1, -0.05) is 12.1 Å². The molecule has 0 radical (unpaired) electrons. The van der Waals surface area contributed by atoms with Gasteiger partial charge in [-0.3, -0.25) is 10.4 Å². The minimum atomic E-state index is -3.33. The van der Waals surface area contributed by atoms with E-state index in [9.17, 15) is 0 Å². The van der Waals surface area contributed by atoms with Crippen molar-refractivity contribution in [2.24, 2.45) is 10.2 Å². The summed E-state index contributed by atoms with van der Waals surface area (Å²) in [6.07, 6.45) is 2.19. The SMILES string of the molecule is CNN=C(NN(C)C1CC=NN1C)C(F)(F)c1ccc2nc(I)ccc2c1. The molecular formula is C17H20F2IN7. The number of alkyl halides is 2. The second-order valence-corrected chi connectivity index (χ2v) is 7.22. The van der Waals surface area contributed by atoms with Crippen molar-refractivity contribution < 1.29 is 8.78 Å². The highest BCUT2D eigenvalue weighted by atomic mass is 127. The summed E-state index contributed by atoms with van der Waals surface area (Å²) < 4.78 is 31.3. The zero-order chi connectivity index (χ0) is 19.6. The first-order valence-corrected chi connectivity index (χ1v) is 9.35. The summed E-state index contributed by atoms with van der Waals surface area (Å²) in [7, 11) is 4.95. The van der Waals surface area contributed by atoms with E-state index in [1.54, 1.807) is 48.5 Å². The number of hydrazine groups is 1. The molecule has 1 aromatic heterocycles. The summed E-state index contributed by atoms with van der Waals surface area (Å²) >= 11 is 2.09. The Morgan fingerprint density at radius 3 is 2.81 bits per heavy atom. The van der Waals surface area contributed by atoms with E-state index in [2.05, 4.69) is 48.6 Å². The van der Waals surface area contributed by atoms with Crippen molar-refractivity contribution in [2.75, 3.05) is 21.1 Å². The molecule has 0 saturated heterocycles. The quantitative estimate of drug-likeness (QED) is 0.223. The molecule has 1 aliphatic heterocycles. The van der Waals surface area contributed by atoms with Crippen molar-refractivity contribution in [1.29, 1.82) is 0 Å². The Hall–Kier alpha value is -2.08. The Morgan fingerprint density at radius 2 is 2.15 bits per heavy atom. The molecule has 2 aromatic rings. The highest BCUT2D eigenvalue weighted by Crippen LogP contribution is 2.31. The second kappa shape index (κ2) is 7.89. The van der Waals surface area contributed by atoms with E-state index in [0.29, 0.717) is 17.3 Å². The minimum absolute atomic E-state index is 0.163. The molecule has 2 N–H and O–H groups in total. The van der Waals surface area contributed by atoms with Gasteiger partial charge in [0.25, 0.3) is 0 Å². The van der Waals surface area contributed by atoms with Gasteiger partial charge < -0.3 is 5.43 Å². The number of benzene rings is 1. The lowest BCUT2D eigenvalue weighted by Crippen LogP contribution is -2.54. The van der Waals surface area contributed by atoms with Crippen LogP contribution in [0.25, 0.3) is 10.9 Å². The Bertz CT molecular complexity index is 887. The molecule has 0 bridgehead atoms. The molecule has 10 heteroatoms. The third-order valence-electron chi connectivity index (χ3n) is 4.28. The molecule has 0 spiro atoms. The molecule has 0 amide bonds. The number of aromatic nitrogens is 1. The van der Waals surface area contributed by atoms with Crippen LogP contribution in [0.15, 0.2) is 40.5 Å². The Morgan fingerprint density at radius 1 is 1.37 bits per heavy atom. The van der Waals surface area contributed by atoms with Crippen molar-refractivity contribution in [1.82, 2.24) is 25.9 Å². The van der Waals surface area contributed by atoms with E-state index in [4.69, 9.17) is 0 Å². The first-order valence-electron chi connectivity index (χ1n) is 8.27. The Kier molecular flexibility index (Phi) is 5.75. The van der Waals surface area contributed by atoms with Crippen LogP contribution in [0.1, 0.15) is 12.0 Å². The van der Waals surface area contributed by atoms with Gasteiger partial charge in [0.05, 0.1) is 5.52 Å². The van der Waals surface area contributed by atoms with Crippen LogP contribution in [0.3, 0.4) is 0 Å². The fraction of sp³-hybridized carbons (Fsp3) is 0.353. The van der Waals surface area contributed by atoms with Gasteiger partial charge in [0, 0.05) is 44.7 Å². The minimum Gasteiger partial charge on any atom is -0.311 e. The molecule has 1 unspecified atom stereocenters. The summed E-state index contributed by atoms with van der Waals surface area (Å²) in [5.74, 6) is -3.82. The van der Waals surface area contributed by atoms with Crippen LogP contribution in [0, 0.1) is 3.70 Å². The molecule has 1 atom stereocenters. The third kappa shape index (κ3) is 4.10. The third-order valence-corrected chi connectivity index (χ3v) is 4.88. The first kappa shape index (κ1) is 19.7. The Balaban J connectivity index is 1.89. The van der Waals surface area contributed by atoms with E-state index >= 15 is 8.78 Å². The van der Waals surface area contributed by atoms with Crippen molar-refractivity contribution in [3.05, 3.63) is 39.6 Å². The average molecular weight is 487 g/mol. The molecule has 3 rings (SSSR count). The topological polar surface area (TPSA) is 68.2 Å². The predicted molar refractivity (Wildman–Crippen MR) is 110 cm³/mol. The summed E-state index contributed by atoms with van der Waals surface area (Å²) in [6, 6.07) is 7.98. The highest BCUT2D eigenvalue weighted by molar-refractivity contribution is 14.1. The number of hydrogen-bond donors (Lipinski definition) is 2. The average Bonchev–Trinajstić information content (AvgIpc) is 3.06. The lowest BCUT2D eigenvalue weighted by Gasteiger charge is -2.32. The van der Waals surface area contributed by atoms with Crippen LogP contribution < -0.4 is 10.9 Å². The van der Waals surface area contributed by atoms with E-state index < -0.39 is 11.8 Å². The standard InChI is InChI=1S/C17H20F2IN7/c1-21-24-16(25-27(3)15-8-9-22-26(15)2)17(18,19)12-5-6-13-11(10-12)4-7-14(20)23-13/h4-7,9-10,15,21H,8H2,1-3H3,(H,24,25). The van der Waals surface area contributed by atoms with Crippen LogP contribution >= 0.6 is 22.6 Å². The van der Waals surface area contributed by atoms with Crippen molar-refractivity contribution in [3.8, 4) is 0 Å². The molecule has 1 aliphatic rings. The number of pyridine rings is 1. The smallest absolute Gasteiger partial charge is 0.311 e. The largest absolute Gasteiger partial charge is 0.332 e. The van der Waals surface area contributed by atoms with Crippen LogP contribution in [0.5, 0.6) is 0 Å². The van der Waals surface area contributed by atoms with Gasteiger partial charge in [-0.05, 0) is 40.8 Å². The zero-order valence-electron chi connectivity index (χ0n) is 15.1. The fourth-order valence-corrected chi connectivity index (χ4v) is 3.30. The number of fused-ring (bicyclic) bond motifs is 1. The number of rotatable bonds is 5. The van der Waals surface area contributed by atoms with Crippen molar-refractivity contribution in [2.45, 2.75) is 18.5 Å². The van der Waals surface area contributed by atoms with Gasteiger partial charge in [0.15, 0.2) is 0 Å². The number of hydrazone groups is 2. The molecule has 1 aromatic carbocycles. The molecule has 144 valence electrons. The van der Waals surface area contributed by atoms with Gasteiger partial charge in [-0.15, -0.1) is 0 Å². The van der Waals surface area contributed by atoms with Crippen LogP contribution in [0.2, 0.25) is 0 Å². The monoisotopic (exact) mass is 487 g/mol. The number of nitrogens with zero attached hydrogens (tertiary/aromatic N) is 5. The first-order chi connectivity index (χ1) is 12.8. The molecule has 0 aliphatic carbocycles. The molecule has 0 saturated carbocycles. The lowest BCUT2D eigenvalue weighted by atomic mass is 10.0. The van der Waals surface area contributed by atoms with Crippen LogP contribution in [-0.2, 0) is 5.92 Å². The summed E-state index contributed by atoms with van der Waals surface area (Å²) in [4.78, 5) is 4.34. The highest BCUT2D eigenvalue weighted by Gasteiger charge is 2.40. The molecular weight excluding hydrogens is 467 g/mol.